The van der Waals surface area contributed by atoms with Crippen molar-refractivity contribution in [3.63, 3.8) is 0 Å². The molecular formula is C19H24N2O5S. The van der Waals surface area contributed by atoms with Crippen molar-refractivity contribution in [2.24, 2.45) is 0 Å². The van der Waals surface area contributed by atoms with Crippen molar-refractivity contribution in [3.8, 4) is 11.5 Å². The van der Waals surface area contributed by atoms with Crippen molar-refractivity contribution in [3.05, 3.63) is 48.0 Å². The van der Waals surface area contributed by atoms with Gasteiger partial charge in [-0.25, -0.2) is 8.42 Å². The number of carbonyl (C=O) groups excluding carboxylic acids is 1. The van der Waals surface area contributed by atoms with Crippen LogP contribution in [0.5, 0.6) is 11.5 Å². The summed E-state index contributed by atoms with van der Waals surface area (Å²) in [6.07, 6.45) is 0. The van der Waals surface area contributed by atoms with Gasteiger partial charge >= 0.3 is 0 Å². The maximum atomic E-state index is 12.9. The van der Waals surface area contributed by atoms with Gasteiger partial charge < -0.3 is 14.8 Å². The number of rotatable bonds is 8. The summed E-state index contributed by atoms with van der Waals surface area (Å²) >= 11 is 0. The number of amides is 1. The predicted octanol–water partition coefficient (Wildman–Crippen LogP) is 2.99. The molecule has 0 saturated carbocycles. The summed E-state index contributed by atoms with van der Waals surface area (Å²) in [5.74, 6) is 0.451. The number of ether oxygens (including phenoxy) is 2. The third-order valence-corrected chi connectivity index (χ3v) is 6.17. The standard InChI is InChI=1S/C19H24N2O5S/c1-5-21(6-2)27(23,24)18-13-14(7-12-17(18)26-4)19(22)20-15-8-10-16(25-3)11-9-15/h7-13H,5-6H2,1-4H3,(H,20,22). The van der Waals surface area contributed by atoms with E-state index in [-0.39, 0.29) is 16.2 Å². The summed E-state index contributed by atoms with van der Waals surface area (Å²) in [5, 5.41) is 2.74. The zero-order chi connectivity index (χ0) is 20.0. The van der Waals surface area contributed by atoms with E-state index in [1.165, 1.54) is 29.6 Å². The molecule has 27 heavy (non-hydrogen) atoms. The molecule has 0 aliphatic rings. The maximum absolute atomic E-state index is 12.9. The Hall–Kier alpha value is -2.58. The zero-order valence-corrected chi connectivity index (χ0v) is 16.7. The van der Waals surface area contributed by atoms with E-state index in [4.69, 9.17) is 9.47 Å². The van der Waals surface area contributed by atoms with Gasteiger partial charge in [-0.3, -0.25) is 4.79 Å². The van der Waals surface area contributed by atoms with E-state index in [0.717, 1.165) is 0 Å². The van der Waals surface area contributed by atoms with Crippen molar-refractivity contribution in [2.75, 3.05) is 32.6 Å². The van der Waals surface area contributed by atoms with E-state index >= 15 is 0 Å². The fourth-order valence-corrected chi connectivity index (χ4v) is 4.24. The molecule has 0 aliphatic heterocycles. The minimum absolute atomic E-state index is 0.0314. The summed E-state index contributed by atoms with van der Waals surface area (Å²) in [5.41, 5.74) is 0.794. The second kappa shape index (κ2) is 8.88. The number of carbonyl (C=O) groups is 1. The third kappa shape index (κ3) is 4.58. The molecule has 1 amide bonds. The van der Waals surface area contributed by atoms with Crippen LogP contribution < -0.4 is 14.8 Å². The Morgan fingerprint density at radius 2 is 1.63 bits per heavy atom. The van der Waals surface area contributed by atoms with Crippen LogP contribution in [0.2, 0.25) is 0 Å². The Balaban J connectivity index is 2.36. The van der Waals surface area contributed by atoms with Crippen molar-refractivity contribution in [2.45, 2.75) is 18.7 Å². The fourth-order valence-electron chi connectivity index (χ4n) is 2.60. The molecule has 0 saturated heterocycles. The molecule has 1 N–H and O–H groups in total. The molecule has 146 valence electrons. The van der Waals surface area contributed by atoms with Crippen LogP contribution in [0.25, 0.3) is 0 Å². The quantitative estimate of drug-likeness (QED) is 0.746. The number of sulfonamides is 1. The molecule has 2 rings (SSSR count). The van der Waals surface area contributed by atoms with Crippen LogP contribution in [-0.4, -0.2) is 45.9 Å². The van der Waals surface area contributed by atoms with Crippen molar-refractivity contribution in [1.29, 1.82) is 0 Å². The van der Waals surface area contributed by atoms with Crippen LogP contribution >= 0.6 is 0 Å². The third-order valence-electron chi connectivity index (χ3n) is 4.10. The van der Waals surface area contributed by atoms with E-state index in [9.17, 15) is 13.2 Å². The lowest BCUT2D eigenvalue weighted by Crippen LogP contribution is -2.31. The molecule has 0 unspecified atom stereocenters. The van der Waals surface area contributed by atoms with Gasteiger partial charge in [-0.1, -0.05) is 13.8 Å². The Morgan fingerprint density at radius 3 is 2.15 bits per heavy atom. The van der Waals surface area contributed by atoms with Crippen molar-refractivity contribution < 1.29 is 22.7 Å². The minimum Gasteiger partial charge on any atom is -0.497 e. The first-order valence-electron chi connectivity index (χ1n) is 8.50. The first-order chi connectivity index (χ1) is 12.9. The smallest absolute Gasteiger partial charge is 0.255 e. The van der Waals surface area contributed by atoms with Gasteiger partial charge in [0.15, 0.2) is 0 Å². The zero-order valence-electron chi connectivity index (χ0n) is 15.9. The number of benzene rings is 2. The molecule has 0 fully saturated rings. The van der Waals surface area contributed by atoms with Gasteiger partial charge in [0.05, 0.1) is 14.2 Å². The van der Waals surface area contributed by atoms with Crippen molar-refractivity contribution >= 4 is 21.6 Å². The molecule has 2 aromatic carbocycles. The van der Waals surface area contributed by atoms with Gasteiger partial charge in [-0.15, -0.1) is 0 Å². The van der Waals surface area contributed by atoms with Gasteiger partial charge in [0, 0.05) is 24.3 Å². The van der Waals surface area contributed by atoms with E-state index in [0.29, 0.717) is 24.5 Å². The van der Waals surface area contributed by atoms with Crippen LogP contribution in [0.1, 0.15) is 24.2 Å². The summed E-state index contributed by atoms with van der Waals surface area (Å²) in [7, 11) is -0.815. The Morgan fingerprint density at radius 1 is 1.00 bits per heavy atom. The first kappa shape index (κ1) is 20.7. The molecule has 0 aromatic heterocycles. The summed E-state index contributed by atoms with van der Waals surface area (Å²) in [6.45, 7) is 4.16. The molecule has 2 aromatic rings. The molecular weight excluding hydrogens is 368 g/mol. The van der Waals surface area contributed by atoms with E-state index < -0.39 is 15.9 Å². The lowest BCUT2D eigenvalue weighted by atomic mass is 10.2. The lowest BCUT2D eigenvalue weighted by molar-refractivity contribution is 0.102. The summed E-state index contributed by atoms with van der Waals surface area (Å²) in [6, 6.07) is 11.2. The Labute approximate surface area is 160 Å². The average molecular weight is 392 g/mol. The van der Waals surface area contributed by atoms with Gasteiger partial charge in [-0.2, -0.15) is 4.31 Å². The molecule has 0 bridgehead atoms. The molecule has 7 nitrogen and oxygen atoms in total. The van der Waals surface area contributed by atoms with Crippen molar-refractivity contribution in [1.82, 2.24) is 4.31 Å². The largest absolute Gasteiger partial charge is 0.497 e. The normalized spacial score (nSPS) is 11.3. The second-order valence-corrected chi connectivity index (χ2v) is 7.54. The summed E-state index contributed by atoms with van der Waals surface area (Å²) < 4.78 is 37.4. The average Bonchev–Trinajstić information content (AvgIpc) is 2.68. The fraction of sp³-hybridized carbons (Fsp3) is 0.316. The molecule has 8 heteroatoms. The molecule has 0 radical (unpaired) electrons. The Kier molecular flexibility index (Phi) is 6.81. The number of hydrogen-bond donors (Lipinski definition) is 1. The molecule has 0 atom stereocenters. The number of nitrogens with one attached hydrogen (secondary N) is 1. The first-order valence-corrected chi connectivity index (χ1v) is 9.95. The minimum atomic E-state index is -3.77. The topological polar surface area (TPSA) is 84.9 Å². The predicted molar refractivity (Wildman–Crippen MR) is 104 cm³/mol. The molecule has 0 spiro atoms. The number of hydrogen-bond acceptors (Lipinski definition) is 5. The Bertz CT molecular complexity index is 891. The SMILES string of the molecule is CCN(CC)S(=O)(=O)c1cc(C(=O)Nc2ccc(OC)cc2)ccc1OC. The van der Waals surface area contributed by atoms with E-state index in [1.54, 1.807) is 45.2 Å². The van der Waals surface area contributed by atoms with Gasteiger partial charge in [0.25, 0.3) is 5.91 Å². The van der Waals surface area contributed by atoms with Gasteiger partial charge in [0.2, 0.25) is 10.0 Å². The molecule has 0 aliphatic carbocycles. The van der Waals surface area contributed by atoms with Crippen LogP contribution in [-0.2, 0) is 10.0 Å². The van der Waals surface area contributed by atoms with E-state index in [2.05, 4.69) is 5.32 Å². The highest BCUT2D eigenvalue weighted by atomic mass is 32.2. The van der Waals surface area contributed by atoms with Crippen LogP contribution in [0, 0.1) is 0 Å². The second-order valence-electron chi connectivity index (χ2n) is 5.64. The van der Waals surface area contributed by atoms with Crippen LogP contribution in [0.4, 0.5) is 5.69 Å². The van der Waals surface area contributed by atoms with Crippen LogP contribution in [0.15, 0.2) is 47.4 Å². The van der Waals surface area contributed by atoms with Crippen LogP contribution in [0.3, 0.4) is 0 Å². The van der Waals surface area contributed by atoms with E-state index in [1.807, 2.05) is 0 Å². The van der Waals surface area contributed by atoms with Gasteiger partial charge in [0.1, 0.15) is 16.4 Å². The number of methoxy groups -OCH3 is 2. The molecule has 0 heterocycles. The number of anilines is 1. The highest BCUT2D eigenvalue weighted by Gasteiger charge is 2.26. The number of nitrogens with zero attached hydrogens (tertiary/aromatic N) is 1. The summed E-state index contributed by atoms with van der Waals surface area (Å²) in [4.78, 5) is 12.5. The highest BCUT2D eigenvalue weighted by molar-refractivity contribution is 7.89. The lowest BCUT2D eigenvalue weighted by Gasteiger charge is -2.20. The van der Waals surface area contributed by atoms with Gasteiger partial charge in [-0.05, 0) is 42.5 Å². The maximum Gasteiger partial charge on any atom is 0.255 e. The monoisotopic (exact) mass is 392 g/mol. The highest BCUT2D eigenvalue weighted by Crippen LogP contribution is 2.28.